The maximum absolute atomic E-state index is 10.9. The second-order valence-corrected chi connectivity index (χ2v) is 3.26. The lowest BCUT2D eigenvalue weighted by Crippen LogP contribution is -2.12. The van der Waals surface area contributed by atoms with Crippen molar-refractivity contribution in [2.45, 2.75) is 6.92 Å². The van der Waals surface area contributed by atoms with Gasteiger partial charge in [-0.05, 0) is 25.1 Å². The Kier molecular flexibility index (Phi) is 1.93. The maximum Gasteiger partial charge on any atom is 0.267 e. The zero-order valence-corrected chi connectivity index (χ0v) is 7.82. The molecule has 0 radical (unpaired) electrons. The van der Waals surface area contributed by atoms with Gasteiger partial charge in [0.15, 0.2) is 0 Å². The van der Waals surface area contributed by atoms with E-state index in [4.69, 9.17) is 5.73 Å². The molecule has 2 aromatic rings. The molecule has 1 aromatic carbocycles. The van der Waals surface area contributed by atoms with Crippen LogP contribution in [0, 0.1) is 6.92 Å². The maximum atomic E-state index is 10.9. The molecule has 0 fully saturated rings. The molecule has 3 nitrogen and oxygen atoms in total. The smallest absolute Gasteiger partial charge is 0.267 e. The Morgan fingerprint density at radius 3 is 2.79 bits per heavy atom. The van der Waals surface area contributed by atoms with Crippen LogP contribution in [0.15, 0.2) is 30.3 Å². The quantitative estimate of drug-likeness (QED) is 0.736. The van der Waals surface area contributed by atoms with Crippen LogP contribution < -0.4 is 5.73 Å². The Hall–Kier alpha value is -1.90. The summed E-state index contributed by atoms with van der Waals surface area (Å²) in [6, 6.07) is 9.36. The molecule has 0 unspecified atom stereocenters. The molecule has 3 heteroatoms. The average molecular weight is 186 g/mol. The van der Waals surface area contributed by atoms with Crippen molar-refractivity contribution in [1.29, 1.82) is 0 Å². The van der Waals surface area contributed by atoms with Gasteiger partial charge in [-0.25, -0.2) is 4.98 Å². The van der Waals surface area contributed by atoms with Crippen molar-refractivity contribution < 1.29 is 4.79 Å². The molecule has 70 valence electrons. The Morgan fingerprint density at radius 2 is 2.07 bits per heavy atom. The molecular formula is C11H10N2O. The number of aromatic nitrogens is 1. The number of nitrogens with two attached hydrogens (primary N) is 1. The molecule has 2 rings (SSSR count). The van der Waals surface area contributed by atoms with Gasteiger partial charge in [-0.3, -0.25) is 4.79 Å². The van der Waals surface area contributed by atoms with E-state index in [2.05, 4.69) is 4.98 Å². The van der Waals surface area contributed by atoms with Crippen molar-refractivity contribution in [3.8, 4) is 0 Å². The molecule has 0 bridgehead atoms. The summed E-state index contributed by atoms with van der Waals surface area (Å²) in [7, 11) is 0. The Labute approximate surface area is 81.6 Å². The summed E-state index contributed by atoms with van der Waals surface area (Å²) in [6.45, 7) is 2.02. The summed E-state index contributed by atoms with van der Waals surface area (Å²) >= 11 is 0. The van der Waals surface area contributed by atoms with Crippen molar-refractivity contribution in [2.75, 3.05) is 0 Å². The topological polar surface area (TPSA) is 56.0 Å². The van der Waals surface area contributed by atoms with Gasteiger partial charge in [-0.2, -0.15) is 0 Å². The van der Waals surface area contributed by atoms with Gasteiger partial charge in [-0.15, -0.1) is 0 Å². The second-order valence-electron chi connectivity index (χ2n) is 3.26. The molecule has 1 amide bonds. The van der Waals surface area contributed by atoms with E-state index >= 15 is 0 Å². The Morgan fingerprint density at radius 1 is 1.29 bits per heavy atom. The van der Waals surface area contributed by atoms with Crippen molar-refractivity contribution in [3.05, 3.63) is 41.6 Å². The summed E-state index contributed by atoms with van der Waals surface area (Å²) in [5.41, 5.74) is 7.41. The molecule has 0 aliphatic heterocycles. The van der Waals surface area contributed by atoms with Crippen LogP contribution in [0.1, 0.15) is 16.1 Å². The highest BCUT2D eigenvalue weighted by molar-refractivity contribution is 5.93. The third kappa shape index (κ3) is 1.44. The van der Waals surface area contributed by atoms with E-state index < -0.39 is 5.91 Å². The lowest BCUT2D eigenvalue weighted by atomic mass is 10.1. The summed E-state index contributed by atoms with van der Waals surface area (Å²) < 4.78 is 0. The van der Waals surface area contributed by atoms with Crippen LogP contribution >= 0.6 is 0 Å². The molecule has 0 atom stereocenters. The van der Waals surface area contributed by atoms with E-state index in [0.29, 0.717) is 5.69 Å². The first-order valence-corrected chi connectivity index (χ1v) is 4.34. The largest absolute Gasteiger partial charge is 0.364 e. The first-order chi connectivity index (χ1) is 6.66. The van der Waals surface area contributed by atoms with E-state index in [-0.39, 0.29) is 0 Å². The number of fused-ring (bicyclic) bond motifs is 1. The van der Waals surface area contributed by atoms with Crippen molar-refractivity contribution in [2.24, 2.45) is 5.73 Å². The van der Waals surface area contributed by atoms with Crippen LogP contribution in [-0.2, 0) is 0 Å². The molecule has 0 spiro atoms. The van der Waals surface area contributed by atoms with Gasteiger partial charge in [-0.1, -0.05) is 17.7 Å². The minimum atomic E-state index is -0.493. The second kappa shape index (κ2) is 3.10. The van der Waals surface area contributed by atoms with Gasteiger partial charge in [0.1, 0.15) is 5.69 Å². The number of amides is 1. The van der Waals surface area contributed by atoms with E-state index in [9.17, 15) is 4.79 Å². The van der Waals surface area contributed by atoms with Gasteiger partial charge >= 0.3 is 0 Å². The fourth-order valence-corrected chi connectivity index (χ4v) is 1.38. The summed E-state index contributed by atoms with van der Waals surface area (Å²) in [4.78, 5) is 15.0. The summed E-state index contributed by atoms with van der Waals surface area (Å²) in [5, 5.41) is 1.02. The summed E-state index contributed by atoms with van der Waals surface area (Å²) in [6.07, 6.45) is 0. The third-order valence-electron chi connectivity index (χ3n) is 2.10. The standard InChI is InChI=1S/C11H10N2O/c1-7-2-4-9-8(6-7)3-5-10(13-9)11(12)14/h2-6H,1H3,(H2,12,14). The molecular weight excluding hydrogens is 176 g/mol. The molecule has 1 heterocycles. The van der Waals surface area contributed by atoms with E-state index in [1.807, 2.05) is 31.2 Å². The van der Waals surface area contributed by atoms with Crippen LogP contribution in [0.4, 0.5) is 0 Å². The third-order valence-corrected chi connectivity index (χ3v) is 2.10. The van der Waals surface area contributed by atoms with Gasteiger partial charge in [0.05, 0.1) is 5.52 Å². The van der Waals surface area contributed by atoms with Crippen molar-refractivity contribution >= 4 is 16.8 Å². The lowest BCUT2D eigenvalue weighted by Gasteiger charge is -2.00. The highest BCUT2D eigenvalue weighted by atomic mass is 16.1. The lowest BCUT2D eigenvalue weighted by molar-refractivity contribution is 0.0996. The molecule has 0 aliphatic carbocycles. The summed E-state index contributed by atoms with van der Waals surface area (Å²) in [5.74, 6) is -0.493. The number of nitrogens with zero attached hydrogens (tertiary/aromatic N) is 1. The number of carbonyl (C=O) groups is 1. The van der Waals surface area contributed by atoms with Crippen LogP contribution in [0.25, 0.3) is 10.9 Å². The SMILES string of the molecule is Cc1ccc2nc(C(N)=O)ccc2c1. The fraction of sp³-hybridized carbons (Fsp3) is 0.0909. The normalized spacial score (nSPS) is 10.4. The predicted octanol–water partition coefficient (Wildman–Crippen LogP) is 1.64. The zero-order chi connectivity index (χ0) is 10.1. The van der Waals surface area contributed by atoms with Gasteiger partial charge < -0.3 is 5.73 Å². The van der Waals surface area contributed by atoms with Crippen LogP contribution in [0.2, 0.25) is 0 Å². The first-order valence-electron chi connectivity index (χ1n) is 4.34. The van der Waals surface area contributed by atoms with Gasteiger partial charge in [0, 0.05) is 5.39 Å². The predicted molar refractivity (Wildman–Crippen MR) is 55.0 cm³/mol. The Balaban J connectivity index is 2.67. The molecule has 0 saturated carbocycles. The number of pyridine rings is 1. The number of hydrogen-bond acceptors (Lipinski definition) is 2. The fourth-order valence-electron chi connectivity index (χ4n) is 1.38. The zero-order valence-electron chi connectivity index (χ0n) is 7.82. The minimum absolute atomic E-state index is 0.307. The Bertz CT molecular complexity index is 506. The molecule has 0 saturated heterocycles. The minimum Gasteiger partial charge on any atom is -0.364 e. The van der Waals surface area contributed by atoms with Crippen LogP contribution in [-0.4, -0.2) is 10.9 Å². The number of benzene rings is 1. The van der Waals surface area contributed by atoms with Crippen LogP contribution in [0.3, 0.4) is 0 Å². The van der Waals surface area contributed by atoms with Crippen molar-refractivity contribution in [3.63, 3.8) is 0 Å². The molecule has 14 heavy (non-hydrogen) atoms. The van der Waals surface area contributed by atoms with Crippen molar-refractivity contribution in [1.82, 2.24) is 4.98 Å². The number of aryl methyl sites for hydroxylation is 1. The van der Waals surface area contributed by atoms with Gasteiger partial charge in [0.25, 0.3) is 5.91 Å². The number of carbonyl (C=O) groups excluding carboxylic acids is 1. The number of hydrogen-bond donors (Lipinski definition) is 1. The average Bonchev–Trinajstić information content (AvgIpc) is 2.16. The highest BCUT2D eigenvalue weighted by Gasteiger charge is 2.02. The van der Waals surface area contributed by atoms with Crippen LogP contribution in [0.5, 0.6) is 0 Å². The van der Waals surface area contributed by atoms with E-state index in [1.165, 1.54) is 5.56 Å². The van der Waals surface area contributed by atoms with E-state index in [1.54, 1.807) is 6.07 Å². The number of primary amides is 1. The molecule has 1 aromatic heterocycles. The monoisotopic (exact) mass is 186 g/mol. The van der Waals surface area contributed by atoms with Gasteiger partial charge in [0.2, 0.25) is 0 Å². The highest BCUT2D eigenvalue weighted by Crippen LogP contribution is 2.13. The first kappa shape index (κ1) is 8.69. The molecule has 2 N–H and O–H groups in total. The number of rotatable bonds is 1. The molecule has 0 aliphatic rings. The van der Waals surface area contributed by atoms with E-state index in [0.717, 1.165) is 10.9 Å².